The van der Waals surface area contributed by atoms with Crippen molar-refractivity contribution in [1.29, 1.82) is 0 Å². The van der Waals surface area contributed by atoms with Gasteiger partial charge in [-0.15, -0.1) is 0 Å². The number of carbonyl (C=O) groups excluding carboxylic acids is 2. The van der Waals surface area contributed by atoms with Crippen LogP contribution in [0.25, 0.3) is 6.08 Å². The van der Waals surface area contributed by atoms with Gasteiger partial charge in [0.05, 0.1) is 27.9 Å². The number of amides is 2. The average molecular weight is 536 g/mol. The Bertz CT molecular complexity index is 1460. The van der Waals surface area contributed by atoms with Gasteiger partial charge in [-0.1, -0.05) is 36.4 Å². The van der Waals surface area contributed by atoms with Crippen molar-refractivity contribution in [3.8, 4) is 11.5 Å². The van der Waals surface area contributed by atoms with Gasteiger partial charge in [-0.2, -0.15) is 0 Å². The van der Waals surface area contributed by atoms with Crippen LogP contribution in [-0.2, 0) is 17.9 Å². The Hall–Kier alpha value is -4.71. The minimum absolute atomic E-state index is 0.0395. The van der Waals surface area contributed by atoms with E-state index in [1.165, 1.54) is 36.4 Å². The molecule has 1 aliphatic rings. The molecule has 0 atom stereocenters. The first-order chi connectivity index (χ1) is 18.3. The fourth-order valence-corrected chi connectivity index (χ4v) is 4.54. The van der Waals surface area contributed by atoms with Crippen LogP contribution in [0.3, 0.4) is 0 Å². The number of ether oxygens (including phenoxy) is 2. The van der Waals surface area contributed by atoms with E-state index in [-0.39, 0.29) is 35.0 Å². The summed E-state index contributed by atoms with van der Waals surface area (Å²) in [4.78, 5) is 47.9. The molecule has 0 radical (unpaired) electrons. The molecule has 0 bridgehead atoms. The second-order valence-corrected chi connectivity index (χ2v) is 9.00. The molecule has 1 saturated heterocycles. The lowest BCUT2D eigenvalue weighted by Crippen LogP contribution is -2.27. The number of para-hydroxylation sites is 1. The summed E-state index contributed by atoms with van der Waals surface area (Å²) in [6, 6.07) is 17.0. The summed E-state index contributed by atoms with van der Waals surface area (Å²) in [5, 5.41) is 21.8. The van der Waals surface area contributed by atoms with Gasteiger partial charge in [0.1, 0.15) is 6.61 Å². The standard InChI is InChI=1S/C26H21N3O8S/c1-2-36-23-13-17(10-11-22(23)37-16-18-6-5-8-20(12-18)28(32)33)14-24-25(30)27(26(31)38-24)15-19-7-3-4-9-21(19)29(34)35/h3-14H,2,15-16H2,1H3/b24-14-. The number of nitrogens with zero attached hydrogens (tertiary/aromatic N) is 3. The van der Waals surface area contributed by atoms with Gasteiger partial charge in [0.2, 0.25) is 0 Å². The maximum atomic E-state index is 13.0. The van der Waals surface area contributed by atoms with Gasteiger partial charge in [-0.05, 0) is 48.0 Å². The quantitative estimate of drug-likeness (QED) is 0.181. The maximum absolute atomic E-state index is 13.0. The van der Waals surface area contributed by atoms with Crippen molar-refractivity contribution in [3.63, 3.8) is 0 Å². The zero-order valence-electron chi connectivity index (χ0n) is 20.1. The summed E-state index contributed by atoms with van der Waals surface area (Å²) in [5.74, 6) is 0.243. The summed E-state index contributed by atoms with van der Waals surface area (Å²) < 4.78 is 11.5. The van der Waals surface area contributed by atoms with E-state index in [4.69, 9.17) is 9.47 Å². The van der Waals surface area contributed by atoms with Gasteiger partial charge < -0.3 is 9.47 Å². The van der Waals surface area contributed by atoms with Gasteiger partial charge in [0.15, 0.2) is 11.5 Å². The summed E-state index contributed by atoms with van der Waals surface area (Å²) in [6.45, 7) is 1.99. The lowest BCUT2D eigenvalue weighted by molar-refractivity contribution is -0.385. The van der Waals surface area contributed by atoms with Crippen molar-refractivity contribution in [2.45, 2.75) is 20.1 Å². The third-order valence-corrected chi connectivity index (χ3v) is 6.38. The Morgan fingerprint density at radius 2 is 1.71 bits per heavy atom. The molecule has 0 N–H and O–H groups in total. The highest BCUT2D eigenvalue weighted by molar-refractivity contribution is 8.18. The van der Waals surface area contributed by atoms with E-state index in [1.807, 2.05) is 0 Å². The fraction of sp³-hybridized carbons (Fsp3) is 0.154. The zero-order chi connectivity index (χ0) is 27.2. The van der Waals surface area contributed by atoms with Crippen LogP contribution in [-0.4, -0.2) is 32.5 Å². The Labute approximate surface area is 221 Å². The highest BCUT2D eigenvalue weighted by Gasteiger charge is 2.36. The van der Waals surface area contributed by atoms with Crippen LogP contribution in [0.1, 0.15) is 23.6 Å². The van der Waals surface area contributed by atoms with Crippen molar-refractivity contribution >= 4 is 40.4 Å². The van der Waals surface area contributed by atoms with Gasteiger partial charge in [-0.3, -0.25) is 34.7 Å². The van der Waals surface area contributed by atoms with E-state index >= 15 is 0 Å². The van der Waals surface area contributed by atoms with Gasteiger partial charge in [-0.25, -0.2) is 0 Å². The molecule has 2 amide bonds. The third-order valence-electron chi connectivity index (χ3n) is 5.47. The molecule has 0 saturated carbocycles. The maximum Gasteiger partial charge on any atom is 0.293 e. The van der Waals surface area contributed by atoms with Crippen LogP contribution in [0.15, 0.2) is 71.6 Å². The Morgan fingerprint density at radius 1 is 0.921 bits per heavy atom. The summed E-state index contributed by atoms with van der Waals surface area (Å²) >= 11 is 0.746. The number of imide groups is 1. The third kappa shape index (κ3) is 5.98. The molecule has 3 aromatic rings. The minimum atomic E-state index is -0.554. The molecule has 1 heterocycles. The van der Waals surface area contributed by atoms with E-state index in [1.54, 1.807) is 43.3 Å². The number of nitro groups is 2. The fourth-order valence-electron chi connectivity index (χ4n) is 3.70. The van der Waals surface area contributed by atoms with Crippen LogP contribution >= 0.6 is 11.8 Å². The minimum Gasteiger partial charge on any atom is -0.490 e. The molecule has 1 aliphatic heterocycles. The van der Waals surface area contributed by atoms with Crippen molar-refractivity contribution in [2.24, 2.45) is 0 Å². The van der Waals surface area contributed by atoms with Crippen molar-refractivity contribution in [2.75, 3.05) is 6.61 Å². The van der Waals surface area contributed by atoms with Crippen LogP contribution in [0.4, 0.5) is 16.2 Å². The van der Waals surface area contributed by atoms with Crippen LogP contribution in [0, 0.1) is 20.2 Å². The molecule has 12 heteroatoms. The van der Waals surface area contributed by atoms with Crippen molar-refractivity contribution in [3.05, 3.63) is 109 Å². The molecule has 0 aliphatic carbocycles. The van der Waals surface area contributed by atoms with Crippen LogP contribution in [0.2, 0.25) is 0 Å². The first kappa shape index (κ1) is 26.4. The normalized spacial score (nSPS) is 14.1. The van der Waals surface area contributed by atoms with E-state index in [0.717, 1.165) is 16.7 Å². The largest absolute Gasteiger partial charge is 0.490 e. The van der Waals surface area contributed by atoms with Crippen LogP contribution < -0.4 is 9.47 Å². The number of benzene rings is 3. The van der Waals surface area contributed by atoms with E-state index in [9.17, 15) is 29.8 Å². The molecule has 38 heavy (non-hydrogen) atoms. The van der Waals surface area contributed by atoms with Gasteiger partial charge in [0.25, 0.3) is 22.5 Å². The zero-order valence-corrected chi connectivity index (χ0v) is 20.9. The molecule has 1 fully saturated rings. The Morgan fingerprint density at radius 3 is 2.45 bits per heavy atom. The molecule has 0 unspecified atom stereocenters. The van der Waals surface area contributed by atoms with E-state index in [0.29, 0.717) is 29.2 Å². The highest BCUT2D eigenvalue weighted by atomic mass is 32.2. The summed E-state index contributed by atoms with van der Waals surface area (Å²) in [5.41, 5.74) is 1.23. The number of non-ortho nitro benzene ring substituents is 1. The van der Waals surface area contributed by atoms with E-state index < -0.39 is 21.0 Å². The Balaban J connectivity index is 1.52. The van der Waals surface area contributed by atoms with Crippen molar-refractivity contribution < 1.29 is 28.9 Å². The molecule has 3 aromatic carbocycles. The number of rotatable bonds is 10. The number of nitro benzene ring substituents is 2. The molecule has 11 nitrogen and oxygen atoms in total. The first-order valence-electron chi connectivity index (χ1n) is 11.4. The van der Waals surface area contributed by atoms with Gasteiger partial charge >= 0.3 is 0 Å². The number of hydrogen-bond acceptors (Lipinski definition) is 9. The number of thioether (sulfide) groups is 1. The number of hydrogen-bond donors (Lipinski definition) is 0. The average Bonchev–Trinajstić information content (AvgIpc) is 3.16. The predicted molar refractivity (Wildman–Crippen MR) is 140 cm³/mol. The van der Waals surface area contributed by atoms with E-state index in [2.05, 4.69) is 0 Å². The SMILES string of the molecule is CCOc1cc(/C=C2\SC(=O)N(Cc3ccccc3[N+](=O)[O-])C2=O)ccc1OCc1cccc([N+](=O)[O-])c1. The van der Waals surface area contributed by atoms with Gasteiger partial charge in [0, 0.05) is 23.8 Å². The molecule has 4 rings (SSSR count). The summed E-state index contributed by atoms with van der Waals surface area (Å²) in [6.07, 6.45) is 1.54. The smallest absolute Gasteiger partial charge is 0.293 e. The second kappa shape index (κ2) is 11.6. The lowest BCUT2D eigenvalue weighted by Gasteiger charge is -2.13. The molecular formula is C26H21N3O8S. The summed E-state index contributed by atoms with van der Waals surface area (Å²) in [7, 11) is 0. The number of carbonyl (C=O) groups is 2. The molecule has 0 aromatic heterocycles. The molecule has 0 spiro atoms. The first-order valence-corrected chi connectivity index (χ1v) is 12.2. The Kier molecular flexibility index (Phi) is 8.02. The second-order valence-electron chi connectivity index (χ2n) is 8.01. The monoisotopic (exact) mass is 535 g/mol. The predicted octanol–water partition coefficient (Wildman–Crippen LogP) is 5.72. The van der Waals surface area contributed by atoms with Crippen molar-refractivity contribution in [1.82, 2.24) is 4.90 Å². The molecular weight excluding hydrogens is 514 g/mol. The highest BCUT2D eigenvalue weighted by Crippen LogP contribution is 2.36. The topological polar surface area (TPSA) is 142 Å². The van der Waals surface area contributed by atoms with Crippen LogP contribution in [0.5, 0.6) is 11.5 Å². The lowest BCUT2D eigenvalue weighted by atomic mass is 10.1. The molecule has 194 valence electrons.